The van der Waals surface area contributed by atoms with Gasteiger partial charge in [0.25, 0.3) is 0 Å². The van der Waals surface area contributed by atoms with E-state index < -0.39 is 0 Å². The summed E-state index contributed by atoms with van der Waals surface area (Å²) in [5.74, 6) is 0.812. The quantitative estimate of drug-likeness (QED) is 0.901. The van der Waals surface area contributed by atoms with Crippen molar-refractivity contribution in [1.29, 1.82) is 0 Å². The Balaban J connectivity index is 1.77. The molecule has 1 aromatic heterocycles. The van der Waals surface area contributed by atoms with Crippen LogP contribution in [0.2, 0.25) is 0 Å². The van der Waals surface area contributed by atoms with E-state index in [2.05, 4.69) is 41.3 Å². The molecule has 1 aliphatic carbocycles. The van der Waals surface area contributed by atoms with Gasteiger partial charge in [-0.05, 0) is 44.6 Å². The topological polar surface area (TPSA) is 28.2 Å². The fourth-order valence-electron chi connectivity index (χ4n) is 2.95. The number of aromatic nitrogens is 1. The van der Waals surface area contributed by atoms with E-state index in [4.69, 9.17) is 0 Å². The van der Waals surface area contributed by atoms with Crippen molar-refractivity contribution in [3.63, 3.8) is 0 Å². The molecule has 0 spiro atoms. The molecule has 0 aromatic carbocycles. The van der Waals surface area contributed by atoms with Crippen molar-refractivity contribution < 1.29 is 0 Å². The second-order valence-electron chi connectivity index (χ2n) is 6.30. The number of nitrogens with one attached hydrogen (secondary N) is 1. The molecule has 3 rings (SSSR count). The summed E-state index contributed by atoms with van der Waals surface area (Å²) >= 11 is 0. The number of piperidine rings is 1. The molecule has 0 bridgehead atoms. The molecule has 1 aliphatic heterocycles. The zero-order chi connectivity index (χ0) is 13.2. The van der Waals surface area contributed by atoms with Crippen molar-refractivity contribution >= 4 is 5.69 Å². The first-order valence-electron chi connectivity index (χ1n) is 7.66. The van der Waals surface area contributed by atoms with E-state index in [1.807, 2.05) is 0 Å². The highest BCUT2D eigenvalue weighted by Gasteiger charge is 2.22. The Labute approximate surface area is 116 Å². The molecule has 2 fully saturated rings. The number of rotatable bonds is 4. The summed E-state index contributed by atoms with van der Waals surface area (Å²) in [6.45, 7) is 7.82. The second kappa shape index (κ2) is 5.49. The SMILES string of the molecule is Cc1cc(N2CCCC(C)C2)c(CNC2CC2)cn1. The van der Waals surface area contributed by atoms with Gasteiger partial charge in [0.15, 0.2) is 0 Å². The first kappa shape index (κ1) is 12.9. The molecule has 104 valence electrons. The average molecular weight is 259 g/mol. The van der Waals surface area contributed by atoms with Crippen LogP contribution in [0.25, 0.3) is 0 Å². The number of anilines is 1. The molecule has 1 saturated heterocycles. The summed E-state index contributed by atoms with van der Waals surface area (Å²) in [7, 11) is 0. The molecule has 2 heterocycles. The number of nitrogens with zero attached hydrogens (tertiary/aromatic N) is 2. The van der Waals surface area contributed by atoms with Gasteiger partial charge in [-0.25, -0.2) is 0 Å². The van der Waals surface area contributed by atoms with E-state index in [1.54, 1.807) is 0 Å². The van der Waals surface area contributed by atoms with E-state index in [-0.39, 0.29) is 0 Å². The molecular formula is C16H25N3. The minimum absolute atomic E-state index is 0.759. The lowest BCUT2D eigenvalue weighted by atomic mass is 9.99. The monoisotopic (exact) mass is 259 g/mol. The van der Waals surface area contributed by atoms with Crippen LogP contribution in [0.15, 0.2) is 12.3 Å². The average Bonchev–Trinajstić information content (AvgIpc) is 3.21. The first-order chi connectivity index (χ1) is 9.22. The minimum atomic E-state index is 0.759. The zero-order valence-corrected chi connectivity index (χ0v) is 12.2. The van der Waals surface area contributed by atoms with Gasteiger partial charge in [0.1, 0.15) is 0 Å². The summed E-state index contributed by atoms with van der Waals surface area (Å²) in [6.07, 6.45) is 7.44. The van der Waals surface area contributed by atoms with Crippen molar-refractivity contribution in [3.8, 4) is 0 Å². The largest absolute Gasteiger partial charge is 0.371 e. The zero-order valence-electron chi connectivity index (χ0n) is 12.2. The Kier molecular flexibility index (Phi) is 3.74. The molecule has 1 saturated carbocycles. The first-order valence-corrected chi connectivity index (χ1v) is 7.66. The molecule has 0 radical (unpaired) electrons. The maximum atomic E-state index is 4.49. The van der Waals surface area contributed by atoms with Crippen LogP contribution in [0.3, 0.4) is 0 Å². The van der Waals surface area contributed by atoms with E-state index in [1.165, 1.54) is 50.0 Å². The van der Waals surface area contributed by atoms with Crippen LogP contribution in [-0.4, -0.2) is 24.1 Å². The lowest BCUT2D eigenvalue weighted by Gasteiger charge is -2.34. The van der Waals surface area contributed by atoms with Gasteiger partial charge in [-0.2, -0.15) is 0 Å². The lowest BCUT2D eigenvalue weighted by Crippen LogP contribution is -2.35. The van der Waals surface area contributed by atoms with Gasteiger partial charge >= 0.3 is 0 Å². The number of hydrogen-bond donors (Lipinski definition) is 1. The molecular weight excluding hydrogens is 234 g/mol. The highest BCUT2D eigenvalue weighted by molar-refractivity contribution is 5.54. The van der Waals surface area contributed by atoms with E-state index in [9.17, 15) is 0 Å². The fourth-order valence-corrected chi connectivity index (χ4v) is 2.95. The predicted molar refractivity (Wildman–Crippen MR) is 79.4 cm³/mol. The van der Waals surface area contributed by atoms with Crippen LogP contribution in [-0.2, 0) is 6.54 Å². The molecule has 1 unspecified atom stereocenters. The summed E-state index contributed by atoms with van der Waals surface area (Å²) in [4.78, 5) is 7.05. The van der Waals surface area contributed by atoms with Gasteiger partial charge in [-0.3, -0.25) is 4.98 Å². The van der Waals surface area contributed by atoms with Gasteiger partial charge in [0.05, 0.1) is 0 Å². The third-order valence-corrected chi connectivity index (χ3v) is 4.25. The van der Waals surface area contributed by atoms with Crippen LogP contribution in [0, 0.1) is 12.8 Å². The summed E-state index contributed by atoms with van der Waals surface area (Å²) < 4.78 is 0. The molecule has 19 heavy (non-hydrogen) atoms. The molecule has 0 amide bonds. The van der Waals surface area contributed by atoms with Crippen molar-refractivity contribution in [3.05, 3.63) is 23.5 Å². The third-order valence-electron chi connectivity index (χ3n) is 4.25. The fraction of sp³-hybridized carbons (Fsp3) is 0.688. The van der Waals surface area contributed by atoms with E-state index in [0.717, 1.165) is 24.2 Å². The molecule has 3 heteroatoms. The molecule has 2 aliphatic rings. The normalized spacial score (nSPS) is 23.7. The van der Waals surface area contributed by atoms with Gasteiger partial charge in [-0.1, -0.05) is 6.92 Å². The van der Waals surface area contributed by atoms with Crippen molar-refractivity contribution in [2.75, 3.05) is 18.0 Å². The summed E-state index contributed by atoms with van der Waals surface area (Å²) in [5, 5.41) is 3.62. The molecule has 1 aromatic rings. The molecule has 1 atom stereocenters. The number of aryl methyl sites for hydroxylation is 1. The summed E-state index contributed by atoms with van der Waals surface area (Å²) in [5.41, 5.74) is 3.90. The standard InChI is InChI=1S/C16H25N3/c1-12-4-3-7-19(11-12)16-8-13(2)17-9-14(16)10-18-15-5-6-15/h8-9,12,15,18H,3-7,10-11H2,1-2H3. The van der Waals surface area contributed by atoms with E-state index >= 15 is 0 Å². The van der Waals surface area contributed by atoms with Crippen molar-refractivity contribution in [1.82, 2.24) is 10.3 Å². The number of pyridine rings is 1. The minimum Gasteiger partial charge on any atom is -0.371 e. The Morgan fingerprint density at radius 1 is 1.37 bits per heavy atom. The van der Waals surface area contributed by atoms with Crippen LogP contribution in [0.4, 0.5) is 5.69 Å². The Bertz CT molecular complexity index is 440. The Morgan fingerprint density at radius 2 is 2.21 bits per heavy atom. The Morgan fingerprint density at radius 3 is 2.95 bits per heavy atom. The second-order valence-corrected chi connectivity index (χ2v) is 6.30. The van der Waals surface area contributed by atoms with Gasteiger partial charge in [-0.15, -0.1) is 0 Å². The number of hydrogen-bond acceptors (Lipinski definition) is 3. The van der Waals surface area contributed by atoms with Crippen molar-refractivity contribution in [2.24, 2.45) is 5.92 Å². The highest BCUT2D eigenvalue weighted by atomic mass is 15.1. The molecule has 3 nitrogen and oxygen atoms in total. The Hall–Kier alpha value is -1.09. The third kappa shape index (κ3) is 3.27. The molecule has 1 N–H and O–H groups in total. The predicted octanol–water partition coefficient (Wildman–Crippen LogP) is 2.88. The van der Waals surface area contributed by atoms with Crippen LogP contribution >= 0.6 is 0 Å². The smallest absolute Gasteiger partial charge is 0.0445 e. The van der Waals surface area contributed by atoms with Crippen LogP contribution < -0.4 is 10.2 Å². The maximum Gasteiger partial charge on any atom is 0.0445 e. The summed E-state index contributed by atoms with van der Waals surface area (Å²) in [6, 6.07) is 3.02. The van der Waals surface area contributed by atoms with Gasteiger partial charge in [0.2, 0.25) is 0 Å². The van der Waals surface area contributed by atoms with Gasteiger partial charge in [0, 0.05) is 48.8 Å². The van der Waals surface area contributed by atoms with E-state index in [0.29, 0.717) is 0 Å². The van der Waals surface area contributed by atoms with Crippen molar-refractivity contribution in [2.45, 2.75) is 52.1 Å². The highest BCUT2D eigenvalue weighted by Crippen LogP contribution is 2.27. The van der Waals surface area contributed by atoms with Crippen LogP contribution in [0.1, 0.15) is 43.9 Å². The van der Waals surface area contributed by atoms with Crippen LogP contribution in [0.5, 0.6) is 0 Å². The lowest BCUT2D eigenvalue weighted by molar-refractivity contribution is 0.445. The maximum absolute atomic E-state index is 4.49. The van der Waals surface area contributed by atoms with Gasteiger partial charge < -0.3 is 10.2 Å².